The largest absolute Gasteiger partial charge is 0.368 e. The summed E-state index contributed by atoms with van der Waals surface area (Å²) in [4.78, 5) is 10.9. The van der Waals surface area contributed by atoms with E-state index in [1.165, 1.54) is 0 Å². The molecule has 56 valence electrons. The number of nitrogen functional groups attached to an aromatic ring is 1. The molecule has 2 heterocycles. The quantitative estimate of drug-likeness (QED) is 0.491. The van der Waals surface area contributed by atoms with E-state index in [0.717, 1.165) is 11.2 Å². The maximum Gasteiger partial charge on any atom is 0.293 e. The molecule has 0 fully saturated rings. The van der Waals surface area contributed by atoms with Gasteiger partial charge in [-0.3, -0.25) is 0 Å². The fourth-order valence-corrected chi connectivity index (χ4v) is 1.01. The predicted molar refractivity (Wildman–Crippen MR) is 39.5 cm³/mol. The van der Waals surface area contributed by atoms with Crippen LogP contribution in [0.2, 0.25) is 0 Å². The second-order valence-electron chi connectivity index (χ2n) is 2.34. The van der Waals surface area contributed by atoms with Gasteiger partial charge in [0.25, 0.3) is 5.65 Å². The molecule has 0 saturated heterocycles. The molecule has 0 unspecified atom stereocenters. The van der Waals surface area contributed by atoms with Crippen molar-refractivity contribution in [3.05, 3.63) is 12.7 Å². The topological polar surface area (TPSA) is 71.5 Å². The summed E-state index contributed by atoms with van der Waals surface area (Å²) in [6, 6.07) is 0. The van der Waals surface area contributed by atoms with Gasteiger partial charge in [-0.05, 0) is 0 Å². The molecule has 0 bridgehead atoms. The maximum atomic E-state index is 5.57. The summed E-state index contributed by atoms with van der Waals surface area (Å²) in [5, 5.41) is 0. The Morgan fingerprint density at radius 1 is 1.55 bits per heavy atom. The van der Waals surface area contributed by atoms with Crippen molar-refractivity contribution in [1.29, 1.82) is 0 Å². The predicted octanol–water partition coefficient (Wildman–Crippen LogP) is -0.635. The van der Waals surface area contributed by atoms with Gasteiger partial charge in [0.15, 0.2) is 11.8 Å². The highest BCUT2D eigenvalue weighted by molar-refractivity contribution is 5.77. The smallest absolute Gasteiger partial charge is 0.293 e. The number of anilines is 1. The Kier molecular flexibility index (Phi) is 1.06. The number of fused-ring (bicyclic) bond motifs is 1. The first kappa shape index (κ1) is 6.09. The van der Waals surface area contributed by atoms with Crippen molar-refractivity contribution in [2.45, 2.75) is 0 Å². The Morgan fingerprint density at radius 2 is 2.36 bits per heavy atom. The molecule has 2 aromatic heterocycles. The summed E-state index contributed by atoms with van der Waals surface area (Å²) in [7, 11) is 1.87. The zero-order chi connectivity index (χ0) is 7.84. The SMILES string of the molecule is C[n+]1cnc(N)c2[nH]cnc21. The van der Waals surface area contributed by atoms with Crippen molar-refractivity contribution in [2.75, 3.05) is 5.73 Å². The second-order valence-corrected chi connectivity index (χ2v) is 2.34. The van der Waals surface area contributed by atoms with Gasteiger partial charge in [0.1, 0.15) is 0 Å². The van der Waals surface area contributed by atoms with Crippen LogP contribution < -0.4 is 10.3 Å². The lowest BCUT2D eigenvalue weighted by atomic mass is 10.5. The summed E-state index contributed by atoms with van der Waals surface area (Å²) in [6.07, 6.45) is 3.24. The average Bonchev–Trinajstić information content (AvgIpc) is 2.45. The zero-order valence-electron chi connectivity index (χ0n) is 6.07. The molecule has 0 aromatic carbocycles. The van der Waals surface area contributed by atoms with E-state index >= 15 is 0 Å². The highest BCUT2D eigenvalue weighted by atomic mass is 15.1. The number of imidazole rings is 1. The van der Waals surface area contributed by atoms with Crippen LogP contribution in [0.5, 0.6) is 0 Å². The van der Waals surface area contributed by atoms with Gasteiger partial charge in [0.05, 0.1) is 7.05 Å². The molecule has 11 heavy (non-hydrogen) atoms. The molecule has 0 aliphatic heterocycles. The number of rotatable bonds is 0. The van der Waals surface area contributed by atoms with Gasteiger partial charge in [-0.1, -0.05) is 9.97 Å². The summed E-state index contributed by atoms with van der Waals surface area (Å²) in [5.74, 6) is 0.482. The molecule has 0 amide bonds. The molecule has 3 N–H and O–H groups in total. The number of aromatic amines is 1. The van der Waals surface area contributed by atoms with Crippen molar-refractivity contribution in [3.8, 4) is 0 Å². The molecule has 0 atom stereocenters. The van der Waals surface area contributed by atoms with Crippen molar-refractivity contribution in [3.63, 3.8) is 0 Å². The van der Waals surface area contributed by atoms with E-state index in [0.29, 0.717) is 5.82 Å². The van der Waals surface area contributed by atoms with Gasteiger partial charge < -0.3 is 10.7 Å². The van der Waals surface area contributed by atoms with Gasteiger partial charge in [0.2, 0.25) is 12.1 Å². The Morgan fingerprint density at radius 3 is 3.09 bits per heavy atom. The van der Waals surface area contributed by atoms with Crippen LogP contribution in [0.1, 0.15) is 0 Å². The highest BCUT2D eigenvalue weighted by Crippen LogP contribution is 2.07. The minimum atomic E-state index is 0.482. The van der Waals surface area contributed by atoms with Gasteiger partial charge in [-0.2, -0.15) is 0 Å². The number of aryl methyl sites for hydroxylation is 1. The van der Waals surface area contributed by atoms with Crippen molar-refractivity contribution < 1.29 is 4.57 Å². The van der Waals surface area contributed by atoms with E-state index in [4.69, 9.17) is 5.73 Å². The van der Waals surface area contributed by atoms with Gasteiger partial charge >= 0.3 is 0 Å². The van der Waals surface area contributed by atoms with Crippen LogP contribution in [0.3, 0.4) is 0 Å². The van der Waals surface area contributed by atoms with E-state index in [1.807, 2.05) is 11.6 Å². The molecule has 5 heteroatoms. The summed E-state index contributed by atoms with van der Waals surface area (Å²) >= 11 is 0. The number of nitrogens with one attached hydrogen (secondary N) is 1. The van der Waals surface area contributed by atoms with Gasteiger partial charge in [-0.25, -0.2) is 4.57 Å². The molecular weight excluding hydrogens is 142 g/mol. The number of hydrogen-bond donors (Lipinski definition) is 2. The number of aromatic nitrogens is 4. The van der Waals surface area contributed by atoms with Crippen molar-refractivity contribution in [1.82, 2.24) is 15.0 Å². The normalized spacial score (nSPS) is 10.6. The van der Waals surface area contributed by atoms with Crippen LogP contribution in [-0.4, -0.2) is 15.0 Å². The van der Waals surface area contributed by atoms with Crippen LogP contribution in [0.4, 0.5) is 5.82 Å². The number of nitrogens with zero attached hydrogens (tertiary/aromatic N) is 3. The summed E-state index contributed by atoms with van der Waals surface area (Å²) < 4.78 is 1.81. The van der Waals surface area contributed by atoms with Crippen molar-refractivity contribution >= 4 is 17.0 Å². The fourth-order valence-electron chi connectivity index (χ4n) is 1.01. The standard InChI is InChI=1S/C6H7N5/c1-11-3-10-5(7)4-6(11)9-2-8-4/h2-3H,1H3,(H2,7,8,9)/p+1. The lowest BCUT2D eigenvalue weighted by molar-refractivity contribution is -0.649. The molecule has 0 spiro atoms. The highest BCUT2D eigenvalue weighted by Gasteiger charge is 2.10. The Bertz CT molecular complexity index is 355. The van der Waals surface area contributed by atoms with Crippen LogP contribution in [-0.2, 0) is 7.05 Å². The maximum absolute atomic E-state index is 5.57. The minimum Gasteiger partial charge on any atom is -0.368 e. The van der Waals surface area contributed by atoms with E-state index in [-0.39, 0.29) is 0 Å². The molecule has 0 aliphatic rings. The van der Waals surface area contributed by atoms with E-state index in [1.54, 1.807) is 12.7 Å². The Labute approximate surface area is 62.9 Å². The first-order chi connectivity index (χ1) is 5.29. The van der Waals surface area contributed by atoms with Gasteiger partial charge in [-0.15, -0.1) is 0 Å². The minimum absolute atomic E-state index is 0.482. The third kappa shape index (κ3) is 0.739. The van der Waals surface area contributed by atoms with Crippen LogP contribution >= 0.6 is 0 Å². The average molecular weight is 150 g/mol. The molecular formula is C6H8N5+. The first-order valence-corrected chi connectivity index (χ1v) is 3.22. The third-order valence-electron chi connectivity index (χ3n) is 1.58. The molecule has 0 saturated carbocycles. The molecule has 0 aliphatic carbocycles. The monoisotopic (exact) mass is 150 g/mol. The van der Waals surface area contributed by atoms with E-state index in [9.17, 15) is 0 Å². The zero-order valence-corrected chi connectivity index (χ0v) is 6.07. The third-order valence-corrected chi connectivity index (χ3v) is 1.58. The summed E-state index contributed by atoms with van der Waals surface area (Å²) in [6.45, 7) is 0. The molecule has 5 nitrogen and oxygen atoms in total. The second kappa shape index (κ2) is 1.91. The first-order valence-electron chi connectivity index (χ1n) is 3.22. The summed E-state index contributed by atoms with van der Waals surface area (Å²) in [5.41, 5.74) is 7.18. The number of hydrogen-bond acceptors (Lipinski definition) is 3. The van der Waals surface area contributed by atoms with Crippen LogP contribution in [0.25, 0.3) is 11.2 Å². The van der Waals surface area contributed by atoms with Gasteiger partial charge in [0, 0.05) is 0 Å². The lowest BCUT2D eigenvalue weighted by Gasteiger charge is -1.90. The Hall–Kier alpha value is -1.65. The number of nitrogens with two attached hydrogens (primary N) is 1. The lowest BCUT2D eigenvalue weighted by Crippen LogP contribution is -2.29. The number of H-pyrrole nitrogens is 1. The van der Waals surface area contributed by atoms with Crippen LogP contribution in [0.15, 0.2) is 12.7 Å². The molecule has 2 aromatic rings. The Balaban J connectivity index is 2.96. The van der Waals surface area contributed by atoms with Crippen molar-refractivity contribution in [2.24, 2.45) is 7.05 Å². The van der Waals surface area contributed by atoms with E-state index in [2.05, 4.69) is 15.0 Å². The van der Waals surface area contributed by atoms with E-state index < -0.39 is 0 Å². The van der Waals surface area contributed by atoms with Crippen LogP contribution in [0, 0.1) is 0 Å². The molecule has 2 rings (SSSR count). The fraction of sp³-hybridized carbons (Fsp3) is 0.167. The molecule has 0 radical (unpaired) electrons.